The highest BCUT2D eigenvalue weighted by Crippen LogP contribution is 2.42. The third-order valence-corrected chi connectivity index (χ3v) is 6.51. The molecular weight excluding hydrogens is 384 g/mol. The molecule has 1 atom stereocenters. The Morgan fingerprint density at radius 1 is 1.10 bits per heavy atom. The van der Waals surface area contributed by atoms with Crippen molar-refractivity contribution < 1.29 is 9.59 Å². The average molecular weight is 410 g/mol. The van der Waals surface area contributed by atoms with Crippen LogP contribution >= 0.6 is 0 Å². The summed E-state index contributed by atoms with van der Waals surface area (Å²) >= 11 is 0. The molecular formula is C21H26N6O3. The number of amides is 3. The van der Waals surface area contributed by atoms with E-state index in [0.717, 1.165) is 44.7 Å². The third-order valence-electron chi connectivity index (χ3n) is 6.51. The quantitative estimate of drug-likeness (QED) is 0.722. The molecule has 3 fully saturated rings. The zero-order valence-corrected chi connectivity index (χ0v) is 17.1. The fourth-order valence-electron chi connectivity index (χ4n) is 4.48. The molecule has 2 aromatic heterocycles. The van der Waals surface area contributed by atoms with E-state index in [9.17, 15) is 14.4 Å². The molecule has 0 radical (unpaired) electrons. The fourth-order valence-corrected chi connectivity index (χ4v) is 4.48. The molecule has 3 amide bonds. The fraction of sp³-hybridized carbons (Fsp3) is 0.524. The summed E-state index contributed by atoms with van der Waals surface area (Å²) in [7, 11) is 0. The lowest BCUT2D eigenvalue weighted by atomic mass is 9.96. The van der Waals surface area contributed by atoms with Gasteiger partial charge in [-0.15, -0.1) is 0 Å². The molecule has 0 spiro atoms. The summed E-state index contributed by atoms with van der Waals surface area (Å²) in [4.78, 5) is 47.8. The summed E-state index contributed by atoms with van der Waals surface area (Å²) < 4.78 is 1.54. The van der Waals surface area contributed by atoms with E-state index < -0.39 is 5.54 Å². The van der Waals surface area contributed by atoms with Crippen LogP contribution in [0.4, 0.5) is 4.79 Å². The summed E-state index contributed by atoms with van der Waals surface area (Å²) in [5, 5.41) is 2.90. The van der Waals surface area contributed by atoms with Gasteiger partial charge in [0.25, 0.3) is 11.5 Å². The van der Waals surface area contributed by atoms with Crippen molar-refractivity contribution in [1.82, 2.24) is 29.4 Å². The minimum Gasteiger partial charge on any atom is -0.323 e. The smallest absolute Gasteiger partial charge is 0.323 e. The van der Waals surface area contributed by atoms with Gasteiger partial charge in [0, 0.05) is 45.0 Å². The maximum atomic E-state index is 12.8. The van der Waals surface area contributed by atoms with E-state index in [1.54, 1.807) is 12.3 Å². The number of urea groups is 1. The number of imide groups is 1. The van der Waals surface area contributed by atoms with E-state index in [-0.39, 0.29) is 23.4 Å². The number of carbonyl (C=O) groups is 2. The van der Waals surface area contributed by atoms with Crippen LogP contribution in [0.15, 0.2) is 35.3 Å². The van der Waals surface area contributed by atoms with Crippen LogP contribution in [0, 0.1) is 5.92 Å². The molecule has 30 heavy (non-hydrogen) atoms. The first-order valence-corrected chi connectivity index (χ1v) is 10.5. The van der Waals surface area contributed by atoms with Crippen LogP contribution < -0.4 is 10.9 Å². The largest absolute Gasteiger partial charge is 0.326 e. The Morgan fingerprint density at radius 2 is 1.83 bits per heavy atom. The Hall–Kier alpha value is -2.78. The van der Waals surface area contributed by atoms with Crippen molar-refractivity contribution in [2.75, 3.05) is 32.8 Å². The first kappa shape index (κ1) is 19.2. The molecule has 0 bridgehead atoms. The van der Waals surface area contributed by atoms with Crippen molar-refractivity contribution in [3.05, 3.63) is 46.5 Å². The number of nitrogens with zero attached hydrogens (tertiary/aromatic N) is 5. The first-order chi connectivity index (χ1) is 14.4. The van der Waals surface area contributed by atoms with Gasteiger partial charge in [0.1, 0.15) is 11.2 Å². The number of carbonyl (C=O) groups excluding carboxylic acids is 2. The van der Waals surface area contributed by atoms with Crippen LogP contribution in [0.3, 0.4) is 0 Å². The van der Waals surface area contributed by atoms with E-state index in [2.05, 4.69) is 20.1 Å². The zero-order valence-electron chi connectivity index (χ0n) is 17.1. The van der Waals surface area contributed by atoms with Gasteiger partial charge >= 0.3 is 6.03 Å². The normalized spacial score (nSPS) is 25.8. The van der Waals surface area contributed by atoms with Gasteiger partial charge in [-0.05, 0) is 37.8 Å². The van der Waals surface area contributed by atoms with Gasteiger partial charge in [0.05, 0.1) is 12.4 Å². The topological polar surface area (TPSA) is 90.3 Å². The minimum atomic E-state index is -0.727. The monoisotopic (exact) mass is 410 g/mol. The van der Waals surface area contributed by atoms with Crippen LogP contribution in [0.2, 0.25) is 0 Å². The SMILES string of the molecule is CC1(C2CC2)NC(=O)N(CN2CCN(Cc3cc(=O)n4ccccc4n3)CC2)C1=O. The Morgan fingerprint density at radius 3 is 2.57 bits per heavy atom. The number of hydrogen-bond donors (Lipinski definition) is 1. The van der Waals surface area contributed by atoms with Crippen molar-refractivity contribution >= 4 is 17.6 Å². The summed E-state index contributed by atoms with van der Waals surface area (Å²) in [6, 6.07) is 6.82. The molecule has 4 heterocycles. The van der Waals surface area contributed by atoms with Crippen LogP contribution in [0.25, 0.3) is 5.65 Å². The summed E-state index contributed by atoms with van der Waals surface area (Å²) in [6.45, 7) is 5.88. The lowest BCUT2D eigenvalue weighted by Gasteiger charge is -2.35. The Bertz CT molecular complexity index is 1060. The molecule has 1 unspecified atom stereocenters. The second kappa shape index (κ2) is 7.17. The van der Waals surface area contributed by atoms with Crippen LogP contribution in [-0.2, 0) is 11.3 Å². The van der Waals surface area contributed by atoms with E-state index >= 15 is 0 Å². The number of piperazine rings is 1. The first-order valence-electron chi connectivity index (χ1n) is 10.5. The Balaban J connectivity index is 1.19. The van der Waals surface area contributed by atoms with Gasteiger partial charge in [-0.2, -0.15) is 0 Å². The molecule has 9 nitrogen and oxygen atoms in total. The van der Waals surface area contributed by atoms with E-state index in [0.29, 0.717) is 18.9 Å². The lowest BCUT2D eigenvalue weighted by Crippen LogP contribution is -2.51. The minimum absolute atomic E-state index is 0.0773. The van der Waals surface area contributed by atoms with Crippen molar-refractivity contribution in [2.45, 2.75) is 31.8 Å². The van der Waals surface area contributed by atoms with Crippen LogP contribution in [0.1, 0.15) is 25.5 Å². The standard InChI is InChI=1S/C21H26N6O3/c1-21(15-5-6-15)19(29)27(20(30)23-21)14-25-10-8-24(9-11-25)13-16-12-18(28)26-7-3-2-4-17(26)22-16/h2-4,7,12,15H,5-6,8-11,13-14H2,1H3,(H,23,30). The molecule has 1 aliphatic carbocycles. The van der Waals surface area contributed by atoms with Crippen molar-refractivity contribution in [2.24, 2.45) is 5.92 Å². The molecule has 3 aliphatic rings. The number of fused-ring (bicyclic) bond motifs is 1. The second-order valence-corrected chi connectivity index (χ2v) is 8.69. The van der Waals surface area contributed by atoms with Crippen LogP contribution in [-0.4, -0.2) is 74.4 Å². The van der Waals surface area contributed by atoms with Gasteiger partial charge < -0.3 is 5.32 Å². The molecule has 5 rings (SSSR count). The molecule has 1 N–H and O–H groups in total. The maximum Gasteiger partial charge on any atom is 0.326 e. The molecule has 2 aliphatic heterocycles. The number of aromatic nitrogens is 2. The number of nitrogens with one attached hydrogen (secondary N) is 1. The summed E-state index contributed by atoms with van der Waals surface area (Å²) in [6.07, 6.45) is 3.72. The summed E-state index contributed by atoms with van der Waals surface area (Å²) in [5.41, 5.74) is 0.602. The molecule has 9 heteroatoms. The molecule has 1 saturated carbocycles. The zero-order chi connectivity index (χ0) is 20.9. The van der Waals surface area contributed by atoms with E-state index in [1.807, 2.05) is 25.1 Å². The lowest BCUT2D eigenvalue weighted by molar-refractivity contribution is -0.133. The Labute approximate surface area is 174 Å². The van der Waals surface area contributed by atoms with Gasteiger partial charge in [-0.3, -0.25) is 23.8 Å². The average Bonchev–Trinajstić information content (AvgIpc) is 3.55. The molecule has 158 valence electrons. The number of rotatable bonds is 5. The molecule has 2 aromatic rings. The van der Waals surface area contributed by atoms with Gasteiger partial charge in [0.15, 0.2) is 0 Å². The van der Waals surface area contributed by atoms with Crippen molar-refractivity contribution in [3.63, 3.8) is 0 Å². The van der Waals surface area contributed by atoms with Crippen molar-refractivity contribution in [1.29, 1.82) is 0 Å². The highest BCUT2D eigenvalue weighted by atomic mass is 16.2. The van der Waals surface area contributed by atoms with Gasteiger partial charge in [-0.25, -0.2) is 14.7 Å². The van der Waals surface area contributed by atoms with E-state index in [1.165, 1.54) is 9.30 Å². The summed E-state index contributed by atoms with van der Waals surface area (Å²) in [5.74, 6) is 0.174. The second-order valence-electron chi connectivity index (χ2n) is 8.69. The van der Waals surface area contributed by atoms with Gasteiger partial charge in [-0.1, -0.05) is 6.07 Å². The van der Waals surface area contributed by atoms with E-state index in [4.69, 9.17) is 0 Å². The maximum absolute atomic E-state index is 12.8. The van der Waals surface area contributed by atoms with Crippen molar-refractivity contribution in [3.8, 4) is 0 Å². The highest BCUT2D eigenvalue weighted by Gasteiger charge is 2.56. The highest BCUT2D eigenvalue weighted by molar-refractivity contribution is 6.07. The predicted octanol–water partition coefficient (Wildman–Crippen LogP) is 0.490. The molecule has 2 saturated heterocycles. The third kappa shape index (κ3) is 3.37. The van der Waals surface area contributed by atoms with Gasteiger partial charge in [0.2, 0.25) is 0 Å². The van der Waals surface area contributed by atoms with Crippen LogP contribution in [0.5, 0.6) is 0 Å². The number of hydrogen-bond acceptors (Lipinski definition) is 6. The molecule has 0 aromatic carbocycles. The Kier molecular flexibility index (Phi) is 4.59. The predicted molar refractivity (Wildman–Crippen MR) is 110 cm³/mol. The number of pyridine rings is 1.